The van der Waals surface area contributed by atoms with Gasteiger partial charge >= 0.3 is 0 Å². The standard InChI is InChI=1S/C15H14ClFN2O/c16-14-11(5-3-7-13(14)18)15(20)19-9-8-10-4-1-2-6-12(10)17/h1-7H,8-9,18H2,(H,19,20). The first kappa shape index (κ1) is 14.3. The number of nitrogens with two attached hydrogens (primary N) is 1. The van der Waals surface area contributed by atoms with Crippen LogP contribution in [0, 0.1) is 5.82 Å². The van der Waals surface area contributed by atoms with Crippen molar-refractivity contribution in [2.45, 2.75) is 6.42 Å². The van der Waals surface area contributed by atoms with Crippen molar-refractivity contribution in [1.82, 2.24) is 5.32 Å². The van der Waals surface area contributed by atoms with E-state index in [1.807, 2.05) is 0 Å². The number of hydrogen-bond donors (Lipinski definition) is 2. The van der Waals surface area contributed by atoms with Crippen LogP contribution in [0.3, 0.4) is 0 Å². The van der Waals surface area contributed by atoms with Crippen LogP contribution < -0.4 is 11.1 Å². The topological polar surface area (TPSA) is 55.1 Å². The third kappa shape index (κ3) is 3.27. The molecule has 0 atom stereocenters. The predicted octanol–water partition coefficient (Wildman–Crippen LogP) is 3.03. The van der Waals surface area contributed by atoms with Crippen molar-refractivity contribution in [2.75, 3.05) is 12.3 Å². The number of hydrogen-bond acceptors (Lipinski definition) is 2. The van der Waals surface area contributed by atoms with E-state index in [0.717, 1.165) is 0 Å². The quantitative estimate of drug-likeness (QED) is 0.851. The van der Waals surface area contributed by atoms with E-state index in [2.05, 4.69) is 5.32 Å². The van der Waals surface area contributed by atoms with Gasteiger partial charge in [0.1, 0.15) is 5.82 Å². The second kappa shape index (κ2) is 6.39. The van der Waals surface area contributed by atoms with Crippen LogP contribution in [0.1, 0.15) is 15.9 Å². The third-order valence-electron chi connectivity index (χ3n) is 2.91. The van der Waals surface area contributed by atoms with Gasteiger partial charge in [0.2, 0.25) is 0 Å². The molecular formula is C15H14ClFN2O. The fraction of sp³-hybridized carbons (Fsp3) is 0.133. The molecule has 0 unspecified atom stereocenters. The lowest BCUT2D eigenvalue weighted by Crippen LogP contribution is -2.26. The van der Waals surface area contributed by atoms with Crippen LogP contribution in [0.15, 0.2) is 42.5 Å². The summed E-state index contributed by atoms with van der Waals surface area (Å²) in [6, 6.07) is 11.3. The number of nitrogens with one attached hydrogen (secondary N) is 1. The zero-order chi connectivity index (χ0) is 14.5. The number of rotatable bonds is 4. The van der Waals surface area contributed by atoms with E-state index >= 15 is 0 Å². The number of benzene rings is 2. The molecule has 0 saturated heterocycles. The Labute approximate surface area is 121 Å². The Morgan fingerprint density at radius 2 is 1.95 bits per heavy atom. The Kier molecular flexibility index (Phi) is 4.58. The van der Waals surface area contributed by atoms with Crippen molar-refractivity contribution in [3.8, 4) is 0 Å². The van der Waals surface area contributed by atoms with Gasteiger partial charge in [0.25, 0.3) is 5.91 Å². The fourth-order valence-corrected chi connectivity index (χ4v) is 2.04. The number of amides is 1. The number of halogens is 2. The molecule has 0 heterocycles. The first-order valence-corrected chi connectivity index (χ1v) is 6.53. The first-order valence-electron chi connectivity index (χ1n) is 6.15. The molecule has 3 N–H and O–H groups in total. The van der Waals surface area contributed by atoms with Crippen molar-refractivity contribution in [1.29, 1.82) is 0 Å². The third-order valence-corrected chi connectivity index (χ3v) is 3.33. The molecule has 0 saturated carbocycles. The zero-order valence-electron chi connectivity index (χ0n) is 10.7. The molecule has 0 fully saturated rings. The monoisotopic (exact) mass is 292 g/mol. The minimum absolute atomic E-state index is 0.232. The fourth-order valence-electron chi connectivity index (χ4n) is 1.83. The molecule has 0 aliphatic heterocycles. The molecule has 1 amide bonds. The summed E-state index contributed by atoms with van der Waals surface area (Å²) in [4.78, 5) is 11.9. The van der Waals surface area contributed by atoms with E-state index in [4.69, 9.17) is 17.3 Å². The minimum atomic E-state index is -0.321. The van der Waals surface area contributed by atoms with Gasteiger partial charge in [-0.2, -0.15) is 0 Å². The lowest BCUT2D eigenvalue weighted by Gasteiger charge is -2.08. The van der Waals surface area contributed by atoms with Gasteiger partial charge in [-0.3, -0.25) is 4.79 Å². The smallest absolute Gasteiger partial charge is 0.252 e. The molecular weight excluding hydrogens is 279 g/mol. The van der Waals surface area contributed by atoms with E-state index in [-0.39, 0.29) is 16.7 Å². The average Bonchev–Trinajstić information content (AvgIpc) is 2.44. The second-order valence-corrected chi connectivity index (χ2v) is 4.68. The van der Waals surface area contributed by atoms with Crippen molar-refractivity contribution in [2.24, 2.45) is 0 Å². The molecule has 0 bridgehead atoms. The molecule has 0 aliphatic rings. The summed E-state index contributed by atoms with van der Waals surface area (Å²) in [5, 5.41) is 2.93. The number of carbonyl (C=O) groups excluding carboxylic acids is 1. The lowest BCUT2D eigenvalue weighted by atomic mass is 10.1. The maximum Gasteiger partial charge on any atom is 0.252 e. The van der Waals surface area contributed by atoms with Gasteiger partial charge in [0.15, 0.2) is 0 Å². The Bertz CT molecular complexity index is 631. The van der Waals surface area contributed by atoms with Crippen LogP contribution in [0.4, 0.5) is 10.1 Å². The molecule has 104 valence electrons. The van der Waals surface area contributed by atoms with E-state index in [0.29, 0.717) is 29.8 Å². The number of anilines is 1. The highest BCUT2D eigenvalue weighted by molar-refractivity contribution is 6.36. The minimum Gasteiger partial charge on any atom is -0.398 e. The lowest BCUT2D eigenvalue weighted by molar-refractivity contribution is 0.0954. The van der Waals surface area contributed by atoms with E-state index in [1.54, 1.807) is 36.4 Å². The van der Waals surface area contributed by atoms with Crippen LogP contribution in [0.25, 0.3) is 0 Å². The van der Waals surface area contributed by atoms with E-state index in [9.17, 15) is 9.18 Å². The molecule has 0 radical (unpaired) electrons. The van der Waals surface area contributed by atoms with Crippen molar-refractivity contribution >= 4 is 23.2 Å². The Balaban J connectivity index is 1.96. The highest BCUT2D eigenvalue weighted by Gasteiger charge is 2.11. The molecule has 2 aromatic rings. The summed E-state index contributed by atoms with van der Waals surface area (Å²) >= 11 is 5.96. The second-order valence-electron chi connectivity index (χ2n) is 4.31. The summed E-state index contributed by atoms with van der Waals surface area (Å²) in [5.41, 5.74) is 6.87. The Hall–Kier alpha value is -2.07. The molecule has 0 aliphatic carbocycles. The maximum absolute atomic E-state index is 13.4. The van der Waals surface area contributed by atoms with Gasteiger partial charge in [0, 0.05) is 6.54 Å². The molecule has 2 rings (SSSR count). The van der Waals surface area contributed by atoms with Crippen LogP contribution in [0.5, 0.6) is 0 Å². The van der Waals surface area contributed by atoms with Crippen LogP contribution in [-0.4, -0.2) is 12.5 Å². The summed E-state index contributed by atoms with van der Waals surface area (Å²) in [6.45, 7) is 0.324. The van der Waals surface area contributed by atoms with Gasteiger partial charge < -0.3 is 11.1 Å². The van der Waals surface area contributed by atoms with Crippen molar-refractivity contribution in [3.05, 3.63) is 64.4 Å². The van der Waals surface area contributed by atoms with Crippen LogP contribution >= 0.6 is 11.6 Å². The largest absolute Gasteiger partial charge is 0.398 e. The van der Waals surface area contributed by atoms with Gasteiger partial charge in [-0.25, -0.2) is 4.39 Å². The van der Waals surface area contributed by atoms with Crippen molar-refractivity contribution in [3.63, 3.8) is 0 Å². The predicted molar refractivity (Wildman–Crippen MR) is 78.3 cm³/mol. The van der Waals surface area contributed by atoms with Crippen molar-refractivity contribution < 1.29 is 9.18 Å². The SMILES string of the molecule is Nc1cccc(C(=O)NCCc2ccccc2F)c1Cl. The molecule has 0 aromatic heterocycles. The van der Waals surface area contributed by atoms with Gasteiger partial charge in [-0.1, -0.05) is 35.9 Å². The number of nitrogen functional groups attached to an aromatic ring is 1. The van der Waals surface area contributed by atoms with Gasteiger partial charge in [-0.15, -0.1) is 0 Å². The molecule has 5 heteroatoms. The van der Waals surface area contributed by atoms with E-state index in [1.165, 1.54) is 6.07 Å². The van der Waals surface area contributed by atoms with E-state index < -0.39 is 0 Å². The molecule has 0 spiro atoms. The highest BCUT2D eigenvalue weighted by Crippen LogP contribution is 2.22. The Morgan fingerprint density at radius 3 is 2.70 bits per heavy atom. The molecule has 20 heavy (non-hydrogen) atoms. The zero-order valence-corrected chi connectivity index (χ0v) is 11.5. The summed E-state index contributed by atoms with van der Waals surface area (Å²) in [7, 11) is 0. The first-order chi connectivity index (χ1) is 9.59. The average molecular weight is 293 g/mol. The normalized spacial score (nSPS) is 10.3. The maximum atomic E-state index is 13.4. The Morgan fingerprint density at radius 1 is 1.20 bits per heavy atom. The molecule has 2 aromatic carbocycles. The van der Waals surface area contributed by atoms with Crippen LogP contribution in [-0.2, 0) is 6.42 Å². The van der Waals surface area contributed by atoms with Gasteiger partial charge in [-0.05, 0) is 30.2 Å². The molecule has 3 nitrogen and oxygen atoms in total. The number of carbonyl (C=O) groups is 1. The highest BCUT2D eigenvalue weighted by atomic mass is 35.5. The van der Waals surface area contributed by atoms with Gasteiger partial charge in [0.05, 0.1) is 16.3 Å². The summed E-state index contributed by atoms with van der Waals surface area (Å²) in [5.74, 6) is -0.595. The summed E-state index contributed by atoms with van der Waals surface area (Å²) < 4.78 is 13.4. The van der Waals surface area contributed by atoms with Crippen LogP contribution in [0.2, 0.25) is 5.02 Å². The summed E-state index contributed by atoms with van der Waals surface area (Å²) in [6.07, 6.45) is 0.415.